The van der Waals surface area contributed by atoms with Crippen LogP contribution in [0.3, 0.4) is 0 Å². The van der Waals surface area contributed by atoms with Crippen molar-refractivity contribution in [2.24, 2.45) is 0 Å². The van der Waals surface area contributed by atoms with Gasteiger partial charge in [-0.1, -0.05) is 86.6 Å². The van der Waals surface area contributed by atoms with Crippen molar-refractivity contribution in [2.45, 2.75) is 52.2 Å². The minimum atomic E-state index is -1.03. The minimum absolute atomic E-state index is 0.0101. The Labute approximate surface area is 349 Å². The van der Waals surface area contributed by atoms with Gasteiger partial charge in [0.2, 0.25) is 23.6 Å². The molecule has 0 aliphatic rings. The molecule has 0 spiro atoms. The maximum atomic E-state index is 13.9. The third-order valence-electron chi connectivity index (χ3n) is 10.1. The van der Waals surface area contributed by atoms with Gasteiger partial charge in [0.05, 0.1) is 37.4 Å². The number of nitrogens with zero attached hydrogens (tertiary/aromatic N) is 5. The molecule has 2 atom stereocenters. The number of imidazole rings is 1. The number of aromatic amines is 1. The number of H-pyrrole nitrogens is 1. The van der Waals surface area contributed by atoms with E-state index in [0.29, 0.717) is 60.3 Å². The number of alkyl carbamates (subject to hydrolysis) is 1. The van der Waals surface area contributed by atoms with Gasteiger partial charge in [0.25, 0.3) is 0 Å². The van der Waals surface area contributed by atoms with Crippen LogP contribution in [0, 0.1) is 6.92 Å². The van der Waals surface area contributed by atoms with Crippen LogP contribution in [0.25, 0.3) is 33.8 Å². The molecule has 60 heavy (non-hydrogen) atoms. The second-order valence-electron chi connectivity index (χ2n) is 14.8. The number of likely N-dealkylation sites (N-methyl/N-ethyl adjacent to an activating group) is 1. The van der Waals surface area contributed by atoms with E-state index < -0.39 is 30.0 Å². The van der Waals surface area contributed by atoms with Gasteiger partial charge >= 0.3 is 6.09 Å². The van der Waals surface area contributed by atoms with E-state index in [1.807, 2.05) is 104 Å². The van der Waals surface area contributed by atoms with E-state index >= 15 is 0 Å². The zero-order chi connectivity index (χ0) is 42.8. The van der Waals surface area contributed by atoms with E-state index in [-0.39, 0.29) is 12.5 Å². The molecule has 14 nitrogen and oxygen atoms in total. The summed E-state index contributed by atoms with van der Waals surface area (Å²) in [5, 5.41) is 5.57. The van der Waals surface area contributed by atoms with Gasteiger partial charge in [0.1, 0.15) is 17.9 Å². The number of anilines is 1. The summed E-state index contributed by atoms with van der Waals surface area (Å²) < 4.78 is 11.0. The smallest absolute Gasteiger partial charge is 0.407 e. The third-order valence-corrected chi connectivity index (χ3v) is 10.1. The van der Waals surface area contributed by atoms with Crippen molar-refractivity contribution in [3.05, 3.63) is 126 Å². The van der Waals surface area contributed by atoms with E-state index in [2.05, 4.69) is 27.5 Å². The number of hydrogen-bond acceptors (Lipinski definition) is 9. The molecule has 0 saturated carbocycles. The van der Waals surface area contributed by atoms with Crippen LogP contribution in [0.2, 0.25) is 0 Å². The Bertz CT molecular complexity index is 2410. The Morgan fingerprint density at radius 2 is 1.48 bits per heavy atom. The highest BCUT2D eigenvalue weighted by Gasteiger charge is 2.30. The van der Waals surface area contributed by atoms with Crippen molar-refractivity contribution in [3.8, 4) is 22.8 Å². The second kappa shape index (κ2) is 19.8. The number of aromatic nitrogens is 3. The number of nitrogens with one attached hydrogen (secondary N) is 3. The number of hydrogen-bond donors (Lipinski definition) is 3. The highest BCUT2D eigenvalue weighted by Crippen LogP contribution is 2.31. The number of carbonyl (C=O) groups is 4. The van der Waals surface area contributed by atoms with Crippen LogP contribution < -0.4 is 10.6 Å². The third kappa shape index (κ3) is 10.2. The molecular formula is C46H52N8O6. The molecule has 3 N–H and O–H groups in total. The Balaban J connectivity index is 1.16. The normalized spacial score (nSPS) is 12.2. The quantitative estimate of drug-likeness (QED) is 0.0845. The Kier molecular flexibility index (Phi) is 14.1. The van der Waals surface area contributed by atoms with Crippen LogP contribution in [0.5, 0.6) is 0 Å². The second-order valence-corrected chi connectivity index (χ2v) is 14.8. The summed E-state index contributed by atoms with van der Waals surface area (Å²) in [5.41, 5.74) is 5.83. The Morgan fingerprint density at radius 3 is 2.15 bits per heavy atom. The summed E-state index contributed by atoms with van der Waals surface area (Å²) in [6, 6.07) is 28.4. The predicted octanol–water partition coefficient (Wildman–Crippen LogP) is 7.51. The molecule has 0 radical (unpaired) electrons. The van der Waals surface area contributed by atoms with Gasteiger partial charge in [-0.15, -0.1) is 0 Å². The van der Waals surface area contributed by atoms with E-state index in [1.54, 1.807) is 36.5 Å². The Hall–Kier alpha value is -6.80. The highest BCUT2D eigenvalue weighted by atomic mass is 16.5. The number of methoxy groups -OCH3 is 1. The molecule has 312 valence electrons. The molecule has 6 rings (SSSR count). The fourth-order valence-corrected chi connectivity index (χ4v) is 7.10. The lowest BCUT2D eigenvalue weighted by molar-refractivity contribution is -0.137. The van der Waals surface area contributed by atoms with Gasteiger partial charge in [-0.3, -0.25) is 19.3 Å². The van der Waals surface area contributed by atoms with Crippen LogP contribution in [-0.2, 0) is 25.7 Å². The topological polar surface area (TPSA) is 166 Å². The molecule has 4 amide bonds. The Morgan fingerprint density at radius 1 is 0.817 bits per heavy atom. The maximum absolute atomic E-state index is 13.9. The number of carbonyl (C=O) groups excluding carboxylic acids is 4. The first-order valence-corrected chi connectivity index (χ1v) is 20.0. The molecule has 2 heterocycles. The number of ether oxygens (including phenoxy) is 1. The predicted molar refractivity (Wildman–Crippen MR) is 231 cm³/mol. The molecule has 0 saturated heterocycles. The minimum Gasteiger partial charge on any atom is -0.453 e. The van der Waals surface area contributed by atoms with Crippen LogP contribution in [0.15, 0.2) is 108 Å². The van der Waals surface area contributed by atoms with Gasteiger partial charge in [-0.25, -0.2) is 14.8 Å². The average molecular weight is 813 g/mol. The molecule has 4 aromatic carbocycles. The first-order valence-electron chi connectivity index (χ1n) is 20.0. The average Bonchev–Trinajstić information content (AvgIpc) is 3.91. The maximum Gasteiger partial charge on any atom is 0.407 e. The molecule has 14 heteroatoms. The van der Waals surface area contributed by atoms with Crippen molar-refractivity contribution in [3.63, 3.8) is 0 Å². The van der Waals surface area contributed by atoms with Crippen molar-refractivity contribution in [1.82, 2.24) is 35.0 Å². The molecular weight excluding hydrogens is 761 g/mol. The SMILES string of the molecule is CCCN(CC(=O)Nc1cc(-c2cnc(-c3ccc4nc(CN(CCC)C(=O)[C@@H](c5ccccc5)N(C)C)[nH]c4c3)o2)ccc1C)C(=O)[C@H](NC(=O)OC)c1ccccc1. The van der Waals surface area contributed by atoms with Gasteiger partial charge in [0, 0.05) is 29.9 Å². The zero-order valence-electron chi connectivity index (χ0n) is 34.9. The molecule has 0 aliphatic heterocycles. The van der Waals surface area contributed by atoms with Crippen molar-refractivity contribution >= 4 is 40.5 Å². The van der Waals surface area contributed by atoms with E-state index in [1.165, 1.54) is 12.0 Å². The summed E-state index contributed by atoms with van der Waals surface area (Å²) in [6.07, 6.45) is 2.28. The van der Waals surface area contributed by atoms with Gasteiger partial charge in [-0.05, 0) is 74.8 Å². The number of aryl methyl sites for hydroxylation is 1. The lowest BCUT2D eigenvalue weighted by Gasteiger charge is -2.30. The fraction of sp³-hybridized carbons (Fsp3) is 0.304. The number of rotatable bonds is 17. The summed E-state index contributed by atoms with van der Waals surface area (Å²) in [5.74, 6) is 0.747. The summed E-state index contributed by atoms with van der Waals surface area (Å²) in [7, 11) is 5.06. The van der Waals surface area contributed by atoms with E-state index in [4.69, 9.17) is 14.1 Å². The van der Waals surface area contributed by atoms with E-state index in [0.717, 1.165) is 34.1 Å². The largest absolute Gasteiger partial charge is 0.453 e. The first kappa shape index (κ1) is 42.8. The molecule has 6 aromatic rings. The number of amides is 4. The van der Waals surface area contributed by atoms with E-state index in [9.17, 15) is 19.2 Å². The molecule has 2 aromatic heterocycles. The fourth-order valence-electron chi connectivity index (χ4n) is 7.10. The number of oxazole rings is 1. The number of benzene rings is 4. The van der Waals surface area contributed by atoms with Gasteiger partial charge in [0.15, 0.2) is 5.76 Å². The van der Waals surface area contributed by atoms with Crippen LogP contribution in [-0.4, -0.2) is 94.3 Å². The lowest BCUT2D eigenvalue weighted by atomic mass is 10.0. The first-order chi connectivity index (χ1) is 29.0. The highest BCUT2D eigenvalue weighted by molar-refractivity contribution is 5.97. The van der Waals surface area contributed by atoms with Crippen LogP contribution in [0.1, 0.15) is 61.3 Å². The van der Waals surface area contributed by atoms with Gasteiger partial charge < -0.3 is 34.6 Å². The lowest BCUT2D eigenvalue weighted by Crippen LogP contribution is -2.46. The van der Waals surface area contributed by atoms with Crippen molar-refractivity contribution in [2.75, 3.05) is 46.2 Å². The monoisotopic (exact) mass is 812 g/mol. The van der Waals surface area contributed by atoms with Gasteiger partial charge in [-0.2, -0.15) is 0 Å². The zero-order valence-corrected chi connectivity index (χ0v) is 34.9. The van der Waals surface area contributed by atoms with Crippen LogP contribution >= 0.6 is 0 Å². The van der Waals surface area contributed by atoms with Crippen molar-refractivity contribution in [1.29, 1.82) is 0 Å². The number of fused-ring (bicyclic) bond motifs is 1. The molecule has 0 fully saturated rings. The summed E-state index contributed by atoms with van der Waals surface area (Å²) in [6.45, 7) is 6.82. The molecule has 0 unspecified atom stereocenters. The van der Waals surface area contributed by atoms with Crippen LogP contribution in [0.4, 0.5) is 10.5 Å². The summed E-state index contributed by atoms with van der Waals surface area (Å²) >= 11 is 0. The van der Waals surface area contributed by atoms with Crippen molar-refractivity contribution < 1.29 is 28.3 Å². The standard InChI is InChI=1S/C46H52N8O6/c1-7-23-53(45(57)42(52(4)5)32-17-13-10-14-18-32)28-39-48-35-22-21-34(26-37(35)49-39)43-47-27-38(60-43)33-20-19-30(3)36(25-33)50-40(55)29-54(24-8-2)44(56)41(51-46(58)59-6)31-15-11-9-12-16-31/h9-22,25-27,41-42H,7-8,23-24,28-29H2,1-6H3,(H,48,49)(H,50,55)(H,51,58)/t41-,42-/m1/s1. The molecule has 0 bridgehead atoms. The summed E-state index contributed by atoms with van der Waals surface area (Å²) in [4.78, 5) is 71.4. The molecule has 0 aliphatic carbocycles.